The maximum absolute atomic E-state index is 13.3. The van der Waals surface area contributed by atoms with E-state index >= 15 is 0 Å². The minimum absolute atomic E-state index is 0.0363. The van der Waals surface area contributed by atoms with Crippen molar-refractivity contribution in [3.63, 3.8) is 0 Å². The standard InChI is InChI=1S/C45H40N6O9/c1-58-37-22-27(30-23-34(26-8-3-2-4-9-26)49-42-28-10-5-6-12-32(28)48-39(53)24-31(30)42)14-16-36(37)60-25-40(54)47-19-21-59-20-18-46-33-13-7-11-29-41(33)45(57)51(44(29)56)35-15-17-38(52)50-43(35)55/h2-14,16,22-23,35,46H,15,17-21,24-25H2,1H3,(H,47,54)(H,48,53)(H,50,52,55). The SMILES string of the molecule is COc1cc(-c2cc(-c3ccccc3)nc3c2CC(=O)Nc2ccccc2-3)ccc1OCC(=O)NCCOCCNc1cccc2c1C(=O)N(C1CCC(=O)NC1=O)C2=O. The Hall–Kier alpha value is -7.39. The van der Waals surface area contributed by atoms with Crippen LogP contribution in [0.4, 0.5) is 11.4 Å². The quantitative estimate of drug-likeness (QED) is 0.0905. The van der Waals surface area contributed by atoms with Gasteiger partial charge in [-0.3, -0.25) is 39.0 Å². The Morgan fingerprint density at radius 1 is 0.783 bits per heavy atom. The molecule has 4 N–H and O–H groups in total. The Morgan fingerprint density at radius 3 is 2.38 bits per heavy atom. The van der Waals surface area contributed by atoms with E-state index in [4.69, 9.17) is 19.2 Å². The van der Waals surface area contributed by atoms with E-state index < -0.39 is 29.7 Å². The fraction of sp³-hybridized carbons (Fsp3) is 0.222. The number of aromatic nitrogens is 1. The van der Waals surface area contributed by atoms with E-state index in [0.29, 0.717) is 35.1 Å². The molecular weight excluding hydrogens is 769 g/mol. The van der Waals surface area contributed by atoms with Crippen molar-refractivity contribution in [2.75, 3.05) is 50.7 Å². The van der Waals surface area contributed by atoms with Gasteiger partial charge in [0.15, 0.2) is 18.1 Å². The zero-order valence-electron chi connectivity index (χ0n) is 32.5. The molecule has 60 heavy (non-hydrogen) atoms. The number of pyridine rings is 1. The zero-order chi connectivity index (χ0) is 41.8. The lowest BCUT2D eigenvalue weighted by Crippen LogP contribution is -2.54. The molecule has 15 nitrogen and oxygen atoms in total. The van der Waals surface area contributed by atoms with Crippen molar-refractivity contribution in [1.82, 2.24) is 20.5 Å². The number of nitrogens with one attached hydrogen (secondary N) is 4. The molecule has 1 fully saturated rings. The molecule has 5 aromatic rings. The Bertz CT molecular complexity index is 2540. The Kier molecular flexibility index (Phi) is 11.3. The molecule has 0 radical (unpaired) electrons. The third kappa shape index (κ3) is 8.02. The number of anilines is 2. The number of carbonyl (C=O) groups is 6. The van der Waals surface area contributed by atoms with Crippen LogP contribution in [-0.2, 0) is 30.3 Å². The highest BCUT2D eigenvalue weighted by atomic mass is 16.5. The van der Waals surface area contributed by atoms with Crippen LogP contribution in [0.3, 0.4) is 0 Å². The summed E-state index contributed by atoms with van der Waals surface area (Å²) in [5, 5.41) is 11.1. The number of ether oxygens (including phenoxy) is 3. The summed E-state index contributed by atoms with van der Waals surface area (Å²) >= 11 is 0. The minimum Gasteiger partial charge on any atom is -0.493 e. The van der Waals surface area contributed by atoms with Crippen LogP contribution in [0.15, 0.2) is 97.1 Å². The molecule has 1 unspecified atom stereocenters. The number of methoxy groups -OCH3 is 1. The number of nitrogens with zero attached hydrogens (tertiary/aromatic N) is 2. The maximum atomic E-state index is 13.3. The maximum Gasteiger partial charge on any atom is 0.264 e. The van der Waals surface area contributed by atoms with E-state index in [1.54, 1.807) is 18.2 Å². The fourth-order valence-electron chi connectivity index (χ4n) is 7.57. The number of benzene rings is 4. The van der Waals surface area contributed by atoms with Crippen molar-refractivity contribution in [2.45, 2.75) is 25.3 Å². The minimum atomic E-state index is -1.05. The highest BCUT2D eigenvalue weighted by molar-refractivity contribution is 6.25. The Morgan fingerprint density at radius 2 is 1.57 bits per heavy atom. The predicted octanol–water partition coefficient (Wildman–Crippen LogP) is 4.61. The lowest BCUT2D eigenvalue weighted by atomic mass is 9.92. The molecule has 0 bridgehead atoms. The van der Waals surface area contributed by atoms with Gasteiger partial charge in [-0.25, -0.2) is 4.98 Å². The van der Waals surface area contributed by atoms with Gasteiger partial charge in [-0.2, -0.15) is 0 Å². The average molecular weight is 809 g/mol. The molecule has 0 spiro atoms. The van der Waals surface area contributed by atoms with Gasteiger partial charge in [-0.1, -0.05) is 60.7 Å². The molecule has 304 valence electrons. The fourth-order valence-corrected chi connectivity index (χ4v) is 7.57. The van der Waals surface area contributed by atoms with Crippen LogP contribution in [0.2, 0.25) is 0 Å². The van der Waals surface area contributed by atoms with Crippen LogP contribution in [0.1, 0.15) is 39.1 Å². The average Bonchev–Trinajstić information content (AvgIpc) is 3.41. The van der Waals surface area contributed by atoms with Crippen LogP contribution >= 0.6 is 0 Å². The predicted molar refractivity (Wildman–Crippen MR) is 220 cm³/mol. The van der Waals surface area contributed by atoms with Crippen LogP contribution in [0.25, 0.3) is 33.6 Å². The molecule has 0 saturated carbocycles. The van der Waals surface area contributed by atoms with Crippen molar-refractivity contribution in [3.8, 4) is 45.1 Å². The molecule has 1 atom stereocenters. The summed E-state index contributed by atoms with van der Waals surface area (Å²) < 4.78 is 17.2. The van der Waals surface area contributed by atoms with Crippen LogP contribution in [0.5, 0.6) is 11.5 Å². The summed E-state index contributed by atoms with van der Waals surface area (Å²) in [7, 11) is 1.52. The molecule has 4 heterocycles. The summed E-state index contributed by atoms with van der Waals surface area (Å²) in [6.45, 7) is 0.644. The summed E-state index contributed by atoms with van der Waals surface area (Å²) in [6, 6.07) is 28.6. The topological polar surface area (TPSA) is 194 Å². The smallest absolute Gasteiger partial charge is 0.264 e. The van der Waals surface area contributed by atoms with Gasteiger partial charge in [0.2, 0.25) is 17.7 Å². The molecule has 4 aromatic carbocycles. The number of amides is 6. The van der Waals surface area contributed by atoms with Gasteiger partial charge in [-0.05, 0) is 59.5 Å². The number of rotatable bonds is 14. The Balaban J connectivity index is 0.854. The molecule has 1 saturated heterocycles. The van der Waals surface area contributed by atoms with E-state index in [0.717, 1.165) is 38.4 Å². The molecule has 3 aliphatic rings. The van der Waals surface area contributed by atoms with Gasteiger partial charge in [0, 0.05) is 36.3 Å². The first-order valence-corrected chi connectivity index (χ1v) is 19.4. The lowest BCUT2D eigenvalue weighted by Gasteiger charge is -2.27. The molecule has 6 amide bonds. The third-order valence-corrected chi connectivity index (χ3v) is 10.4. The number of hydrogen-bond donors (Lipinski definition) is 4. The highest BCUT2D eigenvalue weighted by Gasteiger charge is 2.45. The second-order valence-electron chi connectivity index (χ2n) is 14.2. The molecule has 15 heteroatoms. The first-order chi connectivity index (χ1) is 29.2. The van der Waals surface area contributed by atoms with Gasteiger partial charge >= 0.3 is 0 Å². The normalized spacial score (nSPS) is 15.6. The van der Waals surface area contributed by atoms with E-state index in [9.17, 15) is 28.8 Å². The number of para-hydroxylation sites is 1. The van der Waals surface area contributed by atoms with Crippen LogP contribution < -0.4 is 30.7 Å². The van der Waals surface area contributed by atoms with Gasteiger partial charge in [0.25, 0.3) is 17.7 Å². The van der Waals surface area contributed by atoms with Crippen LogP contribution in [0, 0.1) is 0 Å². The number of fused-ring (bicyclic) bond motifs is 4. The lowest BCUT2D eigenvalue weighted by molar-refractivity contribution is -0.136. The molecular formula is C45H40N6O9. The van der Waals surface area contributed by atoms with Crippen molar-refractivity contribution in [2.24, 2.45) is 0 Å². The number of hydrogen-bond acceptors (Lipinski definition) is 11. The van der Waals surface area contributed by atoms with Crippen molar-refractivity contribution < 1.29 is 43.0 Å². The van der Waals surface area contributed by atoms with E-state index in [-0.39, 0.29) is 68.6 Å². The van der Waals surface area contributed by atoms with Gasteiger partial charge in [0.05, 0.1) is 54.9 Å². The van der Waals surface area contributed by atoms with E-state index in [1.807, 2.05) is 72.8 Å². The van der Waals surface area contributed by atoms with Crippen molar-refractivity contribution >= 4 is 46.8 Å². The highest BCUT2D eigenvalue weighted by Crippen LogP contribution is 2.42. The van der Waals surface area contributed by atoms with E-state index in [1.165, 1.54) is 13.2 Å². The van der Waals surface area contributed by atoms with Gasteiger partial charge in [-0.15, -0.1) is 0 Å². The summed E-state index contributed by atoms with van der Waals surface area (Å²) in [6.07, 6.45) is 0.225. The third-order valence-electron chi connectivity index (χ3n) is 10.4. The van der Waals surface area contributed by atoms with Gasteiger partial charge < -0.3 is 30.2 Å². The van der Waals surface area contributed by atoms with Gasteiger partial charge in [0.1, 0.15) is 6.04 Å². The Labute approximate surface area is 344 Å². The molecule has 0 aliphatic carbocycles. The monoisotopic (exact) mass is 808 g/mol. The van der Waals surface area contributed by atoms with E-state index in [2.05, 4.69) is 21.3 Å². The number of carbonyl (C=O) groups excluding carboxylic acids is 6. The summed E-state index contributed by atoms with van der Waals surface area (Å²) in [5.74, 6) is -2.06. The largest absolute Gasteiger partial charge is 0.493 e. The van der Waals surface area contributed by atoms with Crippen LogP contribution in [-0.4, -0.2) is 91.4 Å². The first-order valence-electron chi connectivity index (χ1n) is 19.4. The molecule has 3 aliphatic heterocycles. The molecule has 1 aromatic heterocycles. The second kappa shape index (κ2) is 17.2. The van der Waals surface area contributed by atoms with Crippen molar-refractivity contribution in [1.29, 1.82) is 0 Å². The number of piperidine rings is 1. The number of imide groups is 2. The zero-order valence-corrected chi connectivity index (χ0v) is 32.5. The van der Waals surface area contributed by atoms with Crippen molar-refractivity contribution in [3.05, 3.63) is 114 Å². The summed E-state index contributed by atoms with van der Waals surface area (Å²) in [5.41, 5.74) is 7.04. The molecule has 8 rings (SSSR count). The first kappa shape index (κ1) is 39.4. The summed E-state index contributed by atoms with van der Waals surface area (Å²) in [4.78, 5) is 82.2. The second-order valence-corrected chi connectivity index (χ2v) is 14.2.